The molecule has 1 aliphatic rings. The summed E-state index contributed by atoms with van der Waals surface area (Å²) in [6.45, 7) is 1.92. The fourth-order valence-corrected chi connectivity index (χ4v) is 5.10. The lowest BCUT2D eigenvalue weighted by molar-refractivity contribution is 0.0939. The Balaban J connectivity index is 1.52. The van der Waals surface area contributed by atoms with Gasteiger partial charge in [-0.3, -0.25) is 9.59 Å². The lowest BCUT2D eigenvalue weighted by Gasteiger charge is -2.17. The van der Waals surface area contributed by atoms with Crippen LogP contribution in [0.3, 0.4) is 0 Å². The highest BCUT2D eigenvalue weighted by Crippen LogP contribution is 2.34. The first kappa shape index (κ1) is 21.3. The first-order chi connectivity index (χ1) is 16.1. The molecule has 5 rings (SSSR count). The Hall–Kier alpha value is -3.52. The fraction of sp³-hybridized carbons (Fsp3) is 0.280. The largest absolute Gasteiger partial charge is 0.343 e. The molecule has 0 saturated heterocycles. The number of benzene rings is 2. The minimum Gasteiger partial charge on any atom is -0.343 e. The highest BCUT2D eigenvalue weighted by atomic mass is 32.1. The maximum atomic E-state index is 13.4. The first-order valence-corrected chi connectivity index (χ1v) is 12.1. The minimum absolute atomic E-state index is 0.210. The molecule has 0 bridgehead atoms. The monoisotopic (exact) mass is 459 g/mol. The predicted octanol–water partition coefficient (Wildman–Crippen LogP) is 5.35. The van der Waals surface area contributed by atoms with E-state index in [4.69, 9.17) is 0 Å². The van der Waals surface area contributed by atoms with Crippen LogP contribution in [0.15, 0.2) is 60.4 Å². The van der Waals surface area contributed by atoms with Gasteiger partial charge in [0.1, 0.15) is 5.01 Å². The molecule has 0 spiro atoms. The van der Waals surface area contributed by atoms with E-state index in [9.17, 15) is 9.59 Å². The lowest BCUT2D eigenvalue weighted by Crippen LogP contribution is -2.27. The van der Waals surface area contributed by atoms with E-state index in [0.717, 1.165) is 23.4 Å². The summed E-state index contributed by atoms with van der Waals surface area (Å²) >= 11 is 1.51. The van der Waals surface area contributed by atoms with Crippen LogP contribution in [0.1, 0.15) is 70.4 Å². The van der Waals surface area contributed by atoms with E-state index < -0.39 is 0 Å². The average molecular weight is 460 g/mol. The molecule has 0 aliphatic heterocycles. The zero-order valence-electron chi connectivity index (χ0n) is 18.3. The number of hydrogen-bond acceptors (Lipinski definition) is 5. The maximum absolute atomic E-state index is 13.4. The Labute approximate surface area is 195 Å². The topological polar surface area (TPSA) is 88.9 Å². The highest BCUT2D eigenvalue weighted by Gasteiger charge is 2.24. The van der Waals surface area contributed by atoms with Crippen molar-refractivity contribution in [1.82, 2.24) is 19.9 Å². The average Bonchev–Trinajstić information content (AvgIpc) is 3.60. The molecule has 2 amide bonds. The third-order valence-electron chi connectivity index (χ3n) is 6.10. The Morgan fingerprint density at radius 2 is 1.88 bits per heavy atom. The Morgan fingerprint density at radius 3 is 2.61 bits per heavy atom. The van der Waals surface area contributed by atoms with Gasteiger partial charge in [-0.25, -0.2) is 9.97 Å². The molecule has 1 atom stereocenters. The number of carbonyl (C=O) groups excluding carboxylic acids is 2. The first-order valence-electron chi connectivity index (χ1n) is 11.2. The summed E-state index contributed by atoms with van der Waals surface area (Å²) in [5.41, 5.74) is 3.10. The van der Waals surface area contributed by atoms with Gasteiger partial charge in [-0.2, -0.15) is 0 Å². The van der Waals surface area contributed by atoms with Crippen LogP contribution < -0.4 is 10.6 Å². The highest BCUT2D eigenvalue weighted by molar-refractivity contribution is 7.09. The lowest BCUT2D eigenvalue weighted by atomic mass is 10.1. The smallest absolute Gasteiger partial charge is 0.255 e. The number of imidazole rings is 1. The summed E-state index contributed by atoms with van der Waals surface area (Å²) in [5.74, 6) is -0.439. The molecule has 1 saturated carbocycles. The van der Waals surface area contributed by atoms with E-state index in [2.05, 4.69) is 25.2 Å². The molecule has 0 radical (unpaired) electrons. The number of nitrogens with one attached hydrogen (secondary N) is 2. The molecular weight excluding hydrogens is 434 g/mol. The van der Waals surface area contributed by atoms with E-state index in [1.807, 2.05) is 42.9 Å². The summed E-state index contributed by atoms with van der Waals surface area (Å²) in [4.78, 5) is 35.1. The zero-order chi connectivity index (χ0) is 22.8. The second-order valence-electron chi connectivity index (χ2n) is 8.37. The molecule has 2 aromatic carbocycles. The summed E-state index contributed by atoms with van der Waals surface area (Å²) in [5, 5.41) is 8.73. The molecule has 4 aromatic rings. The van der Waals surface area contributed by atoms with Gasteiger partial charge >= 0.3 is 0 Å². The number of aromatic nitrogens is 3. The zero-order valence-corrected chi connectivity index (χ0v) is 19.1. The Bertz CT molecular complexity index is 1280. The molecule has 1 aliphatic carbocycles. The van der Waals surface area contributed by atoms with Crippen LogP contribution in [-0.2, 0) is 0 Å². The van der Waals surface area contributed by atoms with Gasteiger partial charge in [0, 0.05) is 28.9 Å². The number of thiazole rings is 1. The van der Waals surface area contributed by atoms with Crippen molar-refractivity contribution >= 4 is 39.9 Å². The van der Waals surface area contributed by atoms with Gasteiger partial charge in [-0.05, 0) is 44.0 Å². The van der Waals surface area contributed by atoms with Gasteiger partial charge in [0.25, 0.3) is 11.8 Å². The van der Waals surface area contributed by atoms with Crippen LogP contribution in [0.4, 0.5) is 5.69 Å². The van der Waals surface area contributed by atoms with Gasteiger partial charge < -0.3 is 15.2 Å². The summed E-state index contributed by atoms with van der Waals surface area (Å²) in [6, 6.07) is 12.7. The van der Waals surface area contributed by atoms with Gasteiger partial charge in [0.2, 0.25) is 0 Å². The van der Waals surface area contributed by atoms with E-state index in [1.54, 1.807) is 24.4 Å². The van der Waals surface area contributed by atoms with Crippen molar-refractivity contribution in [3.05, 3.63) is 76.5 Å². The van der Waals surface area contributed by atoms with Crippen molar-refractivity contribution in [2.24, 2.45) is 0 Å². The molecule has 1 fully saturated rings. The normalized spacial score (nSPS) is 14.9. The van der Waals surface area contributed by atoms with Gasteiger partial charge in [0.15, 0.2) is 0 Å². The third-order valence-corrected chi connectivity index (χ3v) is 7.05. The number of amides is 2. The second kappa shape index (κ2) is 9.15. The molecule has 2 heterocycles. The fourth-order valence-electron chi connectivity index (χ4n) is 4.45. The molecule has 8 heteroatoms. The number of hydrogen-bond donors (Lipinski definition) is 2. The van der Waals surface area contributed by atoms with Crippen molar-refractivity contribution in [3.8, 4) is 0 Å². The minimum atomic E-state index is -0.229. The van der Waals surface area contributed by atoms with Crippen LogP contribution in [0.5, 0.6) is 0 Å². The Kier molecular flexibility index (Phi) is 5.92. The number of carbonyl (C=O) groups is 2. The third kappa shape index (κ3) is 4.39. The van der Waals surface area contributed by atoms with Crippen molar-refractivity contribution in [3.63, 3.8) is 0 Å². The van der Waals surface area contributed by atoms with Crippen LogP contribution in [0.25, 0.3) is 11.0 Å². The number of nitrogens with zero attached hydrogens (tertiary/aromatic N) is 3. The molecule has 1 unspecified atom stereocenters. The van der Waals surface area contributed by atoms with E-state index in [1.165, 1.54) is 24.2 Å². The molecule has 33 heavy (non-hydrogen) atoms. The van der Waals surface area contributed by atoms with Crippen molar-refractivity contribution in [2.75, 3.05) is 5.32 Å². The molecule has 2 N–H and O–H groups in total. The van der Waals surface area contributed by atoms with Crippen LogP contribution >= 0.6 is 11.3 Å². The van der Waals surface area contributed by atoms with Crippen molar-refractivity contribution in [1.29, 1.82) is 0 Å². The summed E-state index contributed by atoms with van der Waals surface area (Å²) in [6.07, 6.45) is 8.07. The van der Waals surface area contributed by atoms with E-state index in [0.29, 0.717) is 28.4 Å². The van der Waals surface area contributed by atoms with Crippen molar-refractivity contribution < 1.29 is 9.59 Å². The molecule has 7 nitrogen and oxygen atoms in total. The maximum Gasteiger partial charge on any atom is 0.255 e. The van der Waals surface area contributed by atoms with Gasteiger partial charge in [-0.15, -0.1) is 11.3 Å². The van der Waals surface area contributed by atoms with Crippen molar-refractivity contribution in [2.45, 2.75) is 44.7 Å². The number of anilines is 1. The number of rotatable bonds is 6. The standard InChI is InChI=1S/C25H25N5O2S/c1-16(25-26-11-12-33-25)28-24(32)20-13-18(29-23(31)17-7-3-2-4-8-17)14-21-22(20)30(15-27-21)19-9-5-6-10-19/h2-4,7-8,11-16,19H,5-6,9-10H2,1H3,(H,28,32)(H,29,31). The van der Waals surface area contributed by atoms with Crippen LogP contribution in [-0.4, -0.2) is 26.3 Å². The molecule has 2 aromatic heterocycles. The summed E-state index contributed by atoms with van der Waals surface area (Å²) < 4.78 is 2.13. The van der Waals surface area contributed by atoms with Gasteiger partial charge in [0.05, 0.1) is 29.0 Å². The predicted molar refractivity (Wildman–Crippen MR) is 130 cm³/mol. The van der Waals surface area contributed by atoms with E-state index in [-0.39, 0.29) is 17.9 Å². The SMILES string of the molecule is CC(NC(=O)c1cc(NC(=O)c2ccccc2)cc2ncn(C3CCCC3)c12)c1nccs1. The van der Waals surface area contributed by atoms with Crippen LogP contribution in [0, 0.1) is 0 Å². The summed E-state index contributed by atoms with van der Waals surface area (Å²) in [7, 11) is 0. The number of fused-ring (bicyclic) bond motifs is 1. The van der Waals surface area contributed by atoms with Gasteiger partial charge in [-0.1, -0.05) is 31.0 Å². The second-order valence-corrected chi connectivity index (χ2v) is 9.29. The van der Waals surface area contributed by atoms with E-state index >= 15 is 0 Å². The van der Waals surface area contributed by atoms with Crippen LogP contribution in [0.2, 0.25) is 0 Å². The molecule has 168 valence electrons. The Morgan fingerprint density at radius 1 is 1.09 bits per heavy atom. The molecular formula is C25H25N5O2S. The quantitative estimate of drug-likeness (QED) is 0.407.